The van der Waals surface area contributed by atoms with E-state index < -0.39 is 6.04 Å². The molecule has 1 saturated heterocycles. The van der Waals surface area contributed by atoms with Crippen molar-refractivity contribution in [2.45, 2.75) is 39.2 Å². The molecule has 7 heteroatoms. The van der Waals surface area contributed by atoms with Crippen LogP contribution in [0.3, 0.4) is 0 Å². The number of piperidine rings is 1. The number of carbonyl (C=O) groups excluding carboxylic acids is 3. The third-order valence-corrected chi connectivity index (χ3v) is 6.80. The summed E-state index contributed by atoms with van der Waals surface area (Å²) in [7, 11) is 0. The highest BCUT2D eigenvalue weighted by molar-refractivity contribution is 7.12. The molecule has 1 aliphatic heterocycles. The maximum absolute atomic E-state index is 13.2. The smallest absolute Gasteiger partial charge is 0.262 e. The van der Waals surface area contributed by atoms with Gasteiger partial charge < -0.3 is 15.1 Å². The van der Waals surface area contributed by atoms with Gasteiger partial charge in [-0.1, -0.05) is 36.4 Å². The lowest BCUT2D eigenvalue weighted by molar-refractivity contribution is -0.135. The summed E-state index contributed by atoms with van der Waals surface area (Å²) in [5, 5.41) is 4.85. The van der Waals surface area contributed by atoms with Gasteiger partial charge in [0, 0.05) is 26.2 Å². The zero-order valence-electron chi connectivity index (χ0n) is 18.3. The van der Waals surface area contributed by atoms with Gasteiger partial charge in [-0.25, -0.2) is 0 Å². The predicted molar refractivity (Wildman–Crippen MR) is 123 cm³/mol. The highest BCUT2D eigenvalue weighted by atomic mass is 32.1. The van der Waals surface area contributed by atoms with Gasteiger partial charge in [0.2, 0.25) is 11.8 Å². The van der Waals surface area contributed by atoms with Gasteiger partial charge >= 0.3 is 0 Å². The molecule has 0 bridgehead atoms. The number of carbonyl (C=O) groups is 3. The zero-order chi connectivity index (χ0) is 22.2. The van der Waals surface area contributed by atoms with Crippen LogP contribution in [-0.4, -0.2) is 59.7 Å². The Morgan fingerprint density at radius 3 is 2.32 bits per heavy atom. The summed E-state index contributed by atoms with van der Waals surface area (Å²) in [6.45, 7) is 6.32. The minimum Gasteiger partial charge on any atom is -0.342 e. The molecule has 0 spiro atoms. The topological polar surface area (TPSA) is 69.7 Å². The number of nitrogens with one attached hydrogen (secondary N) is 1. The fourth-order valence-corrected chi connectivity index (χ4v) is 4.72. The average molecular weight is 442 g/mol. The second-order valence-electron chi connectivity index (χ2n) is 7.82. The third kappa shape index (κ3) is 5.94. The summed E-state index contributed by atoms with van der Waals surface area (Å²) in [6.07, 6.45) is 1.79. The first-order valence-corrected chi connectivity index (χ1v) is 11.9. The van der Waals surface area contributed by atoms with Crippen LogP contribution in [0, 0.1) is 5.92 Å². The fourth-order valence-electron chi connectivity index (χ4n) is 4.10. The normalized spacial score (nSPS) is 15.4. The highest BCUT2D eigenvalue weighted by Crippen LogP contribution is 2.24. The van der Waals surface area contributed by atoms with E-state index in [1.807, 2.05) is 60.5 Å². The van der Waals surface area contributed by atoms with Gasteiger partial charge in [0.25, 0.3) is 5.91 Å². The van der Waals surface area contributed by atoms with Crippen LogP contribution < -0.4 is 5.32 Å². The number of benzene rings is 1. The molecule has 3 rings (SSSR count). The van der Waals surface area contributed by atoms with Gasteiger partial charge in [-0.3, -0.25) is 14.4 Å². The van der Waals surface area contributed by atoms with Gasteiger partial charge in [0.1, 0.15) is 6.04 Å². The molecule has 1 fully saturated rings. The molecule has 1 aromatic carbocycles. The Hall–Kier alpha value is -2.67. The van der Waals surface area contributed by atoms with E-state index in [9.17, 15) is 14.4 Å². The zero-order valence-corrected chi connectivity index (χ0v) is 19.1. The molecule has 6 nitrogen and oxygen atoms in total. The van der Waals surface area contributed by atoms with E-state index in [4.69, 9.17) is 0 Å². The molecule has 0 aliphatic carbocycles. The molecular formula is C24H31N3O3S. The van der Waals surface area contributed by atoms with Crippen LogP contribution in [0.5, 0.6) is 0 Å². The Bertz CT molecular complexity index is 857. The number of rotatable bonds is 8. The second-order valence-corrected chi connectivity index (χ2v) is 8.77. The van der Waals surface area contributed by atoms with Crippen molar-refractivity contribution in [3.8, 4) is 0 Å². The minimum atomic E-state index is -0.569. The van der Waals surface area contributed by atoms with Gasteiger partial charge in [0.15, 0.2) is 0 Å². The molecule has 3 amide bonds. The number of likely N-dealkylation sites (tertiary alicyclic amines) is 1. The molecule has 1 atom stereocenters. The number of thiophene rings is 1. The molecular weight excluding hydrogens is 410 g/mol. The summed E-state index contributed by atoms with van der Waals surface area (Å²) in [5.74, 6) is -0.122. The maximum atomic E-state index is 13.2. The first-order chi connectivity index (χ1) is 15.0. The van der Waals surface area contributed by atoms with Crippen LogP contribution in [-0.2, 0) is 16.0 Å². The third-order valence-electron chi connectivity index (χ3n) is 5.93. The molecule has 0 radical (unpaired) electrons. The fraction of sp³-hybridized carbons (Fsp3) is 0.458. The number of amides is 3. The van der Waals surface area contributed by atoms with E-state index in [0.717, 1.165) is 5.56 Å². The largest absolute Gasteiger partial charge is 0.342 e. The molecule has 2 heterocycles. The number of hydrogen-bond acceptors (Lipinski definition) is 4. The lowest BCUT2D eigenvalue weighted by atomic mass is 9.88. The van der Waals surface area contributed by atoms with E-state index in [1.54, 1.807) is 11.0 Å². The van der Waals surface area contributed by atoms with E-state index in [0.29, 0.717) is 50.3 Å². The molecule has 1 N–H and O–H groups in total. The van der Waals surface area contributed by atoms with Crippen molar-refractivity contribution in [3.05, 3.63) is 58.3 Å². The number of nitrogens with zero attached hydrogens (tertiary/aromatic N) is 2. The van der Waals surface area contributed by atoms with Crippen LogP contribution in [0.15, 0.2) is 47.8 Å². The number of hydrogen-bond donors (Lipinski definition) is 1. The lowest BCUT2D eigenvalue weighted by Gasteiger charge is -2.37. The van der Waals surface area contributed by atoms with Crippen molar-refractivity contribution in [2.75, 3.05) is 26.2 Å². The highest BCUT2D eigenvalue weighted by Gasteiger charge is 2.35. The summed E-state index contributed by atoms with van der Waals surface area (Å²) in [6, 6.07) is 12.8. The Morgan fingerprint density at radius 1 is 1.06 bits per heavy atom. The molecule has 2 aromatic rings. The Kier molecular flexibility index (Phi) is 8.23. The monoisotopic (exact) mass is 441 g/mol. The number of likely N-dealkylation sites (N-methyl/N-ethyl adjacent to an activating group) is 1. The average Bonchev–Trinajstić information content (AvgIpc) is 3.34. The minimum absolute atomic E-state index is 0.0118. The van der Waals surface area contributed by atoms with Crippen molar-refractivity contribution in [1.29, 1.82) is 0 Å². The second kappa shape index (κ2) is 11.1. The van der Waals surface area contributed by atoms with Crippen LogP contribution in [0.25, 0.3) is 0 Å². The van der Waals surface area contributed by atoms with Crippen molar-refractivity contribution < 1.29 is 14.4 Å². The van der Waals surface area contributed by atoms with E-state index >= 15 is 0 Å². The summed E-state index contributed by atoms with van der Waals surface area (Å²) >= 11 is 1.37. The van der Waals surface area contributed by atoms with E-state index in [2.05, 4.69) is 5.32 Å². The van der Waals surface area contributed by atoms with Gasteiger partial charge in [0.05, 0.1) is 11.3 Å². The van der Waals surface area contributed by atoms with Gasteiger partial charge in [-0.15, -0.1) is 11.3 Å². The standard InChI is InChI=1S/C24H31N3O3S/c1-3-26(4-2)24(30)22(25-23(29)20-11-8-16-31-20)19-12-14-27(15-13-19)21(28)17-18-9-6-5-7-10-18/h5-11,16,19,22H,3-4,12-15,17H2,1-2H3,(H,25,29)/t22-/m0/s1. The Balaban J connectivity index is 1.65. The van der Waals surface area contributed by atoms with Crippen LogP contribution in [0.2, 0.25) is 0 Å². The predicted octanol–water partition coefficient (Wildman–Crippen LogP) is 3.20. The van der Waals surface area contributed by atoms with E-state index in [-0.39, 0.29) is 23.6 Å². The quantitative estimate of drug-likeness (QED) is 0.684. The summed E-state index contributed by atoms with van der Waals surface area (Å²) < 4.78 is 0. The Labute approximate surface area is 188 Å². The summed E-state index contributed by atoms with van der Waals surface area (Å²) in [5.41, 5.74) is 1.01. The van der Waals surface area contributed by atoms with Gasteiger partial charge in [-0.05, 0) is 49.6 Å². The molecule has 0 unspecified atom stereocenters. The van der Waals surface area contributed by atoms with Crippen LogP contribution in [0.4, 0.5) is 0 Å². The molecule has 166 valence electrons. The summed E-state index contributed by atoms with van der Waals surface area (Å²) in [4.78, 5) is 42.9. The van der Waals surface area contributed by atoms with Crippen molar-refractivity contribution >= 4 is 29.1 Å². The Morgan fingerprint density at radius 2 is 1.74 bits per heavy atom. The first-order valence-electron chi connectivity index (χ1n) is 11.0. The van der Waals surface area contributed by atoms with Crippen molar-refractivity contribution in [2.24, 2.45) is 5.92 Å². The molecule has 1 aromatic heterocycles. The van der Waals surface area contributed by atoms with Gasteiger partial charge in [-0.2, -0.15) is 0 Å². The van der Waals surface area contributed by atoms with E-state index in [1.165, 1.54) is 11.3 Å². The molecule has 31 heavy (non-hydrogen) atoms. The van der Waals surface area contributed by atoms with Crippen LogP contribution >= 0.6 is 11.3 Å². The van der Waals surface area contributed by atoms with Crippen molar-refractivity contribution in [3.63, 3.8) is 0 Å². The SMILES string of the molecule is CCN(CC)C(=O)[C@@H](NC(=O)c1cccs1)C1CCN(C(=O)Cc2ccccc2)CC1. The molecule has 0 saturated carbocycles. The van der Waals surface area contributed by atoms with Crippen LogP contribution in [0.1, 0.15) is 41.9 Å². The molecule has 1 aliphatic rings. The maximum Gasteiger partial charge on any atom is 0.262 e. The lowest BCUT2D eigenvalue weighted by Crippen LogP contribution is -2.54. The first kappa shape index (κ1) is 23.0. The van der Waals surface area contributed by atoms with Crippen molar-refractivity contribution in [1.82, 2.24) is 15.1 Å².